The molecule has 0 N–H and O–H groups in total. The molecule has 0 atom stereocenters. The Labute approximate surface area is 90.6 Å². The van der Waals surface area contributed by atoms with Gasteiger partial charge >= 0.3 is 0 Å². The van der Waals surface area contributed by atoms with E-state index in [0.29, 0.717) is 0 Å². The second-order valence-electron chi connectivity index (χ2n) is 3.16. The highest BCUT2D eigenvalue weighted by Gasteiger charge is 2.06. The van der Waals surface area contributed by atoms with E-state index in [0.717, 1.165) is 19.8 Å². The molecule has 0 aromatic carbocycles. The highest BCUT2D eigenvalue weighted by molar-refractivity contribution is 4.60. The first-order valence-electron chi connectivity index (χ1n) is 5.73. The molecule has 0 saturated carbocycles. The summed E-state index contributed by atoms with van der Waals surface area (Å²) in [4.78, 5) is 2.51. The van der Waals surface area contributed by atoms with Crippen LogP contribution in [0.4, 0.5) is 0 Å². The summed E-state index contributed by atoms with van der Waals surface area (Å²) in [5.41, 5.74) is 0. The zero-order valence-corrected chi connectivity index (χ0v) is 9.51. The molecule has 88 valence electrons. The summed E-state index contributed by atoms with van der Waals surface area (Å²) < 4.78 is 5.36. The topological polar surface area (TPSA) is 12.5 Å². The highest BCUT2D eigenvalue weighted by atomic mass is 16.5. The van der Waals surface area contributed by atoms with Gasteiger partial charge in [0.1, 0.15) is 0 Å². The van der Waals surface area contributed by atoms with Crippen molar-refractivity contribution in [3.8, 4) is 0 Å². The lowest BCUT2D eigenvalue weighted by Crippen LogP contribution is -2.27. The van der Waals surface area contributed by atoms with Crippen molar-refractivity contribution in [1.29, 1.82) is 0 Å². The molecule has 0 amide bonds. The van der Waals surface area contributed by atoms with Crippen LogP contribution in [0.25, 0.3) is 0 Å². The average molecular weight is 203 g/mol. The number of hydrogen-bond donors (Lipinski definition) is 0. The van der Waals surface area contributed by atoms with Crippen LogP contribution in [0.2, 0.25) is 0 Å². The number of unbranched alkanes of at least 4 members (excludes halogenated alkanes) is 1. The molecule has 1 fully saturated rings. The fourth-order valence-corrected chi connectivity index (χ4v) is 1.40. The van der Waals surface area contributed by atoms with Gasteiger partial charge in [0.2, 0.25) is 0 Å². The van der Waals surface area contributed by atoms with Gasteiger partial charge in [0.25, 0.3) is 0 Å². The lowest BCUT2D eigenvalue weighted by atomic mass is 10.3. The van der Waals surface area contributed by atoms with Crippen molar-refractivity contribution in [2.75, 3.05) is 32.8 Å². The molecule has 2 heteroatoms. The Bertz CT molecular complexity index is 88.3. The minimum Gasteiger partial charge on any atom is -0.380 e. The summed E-state index contributed by atoms with van der Waals surface area (Å²) in [6.07, 6.45) is 3.85. The third kappa shape index (κ3) is 8.52. The van der Waals surface area contributed by atoms with E-state index in [1.807, 2.05) is 13.8 Å². The Kier molecular flexibility index (Phi) is 15.1. The molecule has 0 aromatic heterocycles. The molecule has 1 rings (SSSR count). The SMILES string of the molecule is C.CC.CCCCN1CCCOCC1. The van der Waals surface area contributed by atoms with Crippen LogP contribution in [-0.2, 0) is 4.74 Å². The first-order valence-corrected chi connectivity index (χ1v) is 5.73. The van der Waals surface area contributed by atoms with Crippen molar-refractivity contribution in [1.82, 2.24) is 4.90 Å². The van der Waals surface area contributed by atoms with Crippen molar-refractivity contribution in [2.24, 2.45) is 0 Å². The lowest BCUT2D eigenvalue weighted by molar-refractivity contribution is 0.141. The van der Waals surface area contributed by atoms with Crippen molar-refractivity contribution in [3.05, 3.63) is 0 Å². The second-order valence-corrected chi connectivity index (χ2v) is 3.16. The summed E-state index contributed by atoms with van der Waals surface area (Å²) in [6, 6.07) is 0. The van der Waals surface area contributed by atoms with Crippen molar-refractivity contribution in [2.45, 2.75) is 47.5 Å². The summed E-state index contributed by atoms with van der Waals surface area (Å²) in [5, 5.41) is 0. The van der Waals surface area contributed by atoms with Gasteiger partial charge < -0.3 is 9.64 Å². The Morgan fingerprint density at radius 2 is 1.86 bits per heavy atom. The van der Waals surface area contributed by atoms with E-state index in [2.05, 4.69) is 11.8 Å². The van der Waals surface area contributed by atoms with Gasteiger partial charge in [-0.2, -0.15) is 0 Å². The van der Waals surface area contributed by atoms with E-state index in [1.54, 1.807) is 0 Å². The van der Waals surface area contributed by atoms with Crippen LogP contribution in [0.3, 0.4) is 0 Å². The summed E-state index contributed by atoms with van der Waals surface area (Å²) in [6.45, 7) is 11.8. The largest absolute Gasteiger partial charge is 0.380 e. The number of ether oxygens (including phenoxy) is 1. The molecule has 0 unspecified atom stereocenters. The van der Waals surface area contributed by atoms with Crippen LogP contribution in [0.15, 0.2) is 0 Å². The number of hydrogen-bond acceptors (Lipinski definition) is 2. The summed E-state index contributed by atoms with van der Waals surface area (Å²) >= 11 is 0. The van der Waals surface area contributed by atoms with Crippen LogP contribution < -0.4 is 0 Å². The molecule has 0 radical (unpaired) electrons. The van der Waals surface area contributed by atoms with Crippen LogP contribution in [0.5, 0.6) is 0 Å². The third-order valence-electron chi connectivity index (χ3n) is 2.14. The zero-order chi connectivity index (χ0) is 9.94. The monoisotopic (exact) mass is 203 g/mol. The second kappa shape index (κ2) is 12.9. The fourth-order valence-electron chi connectivity index (χ4n) is 1.40. The molecule has 1 aliphatic rings. The van der Waals surface area contributed by atoms with E-state index < -0.39 is 0 Å². The number of rotatable bonds is 3. The van der Waals surface area contributed by atoms with E-state index in [1.165, 1.54) is 32.4 Å². The van der Waals surface area contributed by atoms with Crippen LogP contribution >= 0.6 is 0 Å². The van der Waals surface area contributed by atoms with Gasteiger partial charge in [0.05, 0.1) is 6.61 Å². The Hall–Kier alpha value is -0.0800. The fraction of sp³-hybridized carbons (Fsp3) is 1.00. The quantitative estimate of drug-likeness (QED) is 0.698. The molecule has 0 spiro atoms. The minimum absolute atomic E-state index is 0. The van der Waals surface area contributed by atoms with Crippen molar-refractivity contribution < 1.29 is 4.74 Å². The van der Waals surface area contributed by atoms with E-state index in [9.17, 15) is 0 Å². The predicted molar refractivity (Wildman–Crippen MR) is 64.9 cm³/mol. The normalized spacial score (nSPS) is 17.4. The Balaban J connectivity index is 0. The van der Waals surface area contributed by atoms with Gasteiger partial charge in [-0.05, 0) is 19.4 Å². The zero-order valence-electron chi connectivity index (χ0n) is 9.51. The number of nitrogens with zero attached hydrogens (tertiary/aromatic N) is 1. The molecule has 1 aliphatic heterocycles. The molecule has 0 aliphatic carbocycles. The molecular weight excluding hydrogens is 174 g/mol. The average Bonchev–Trinajstić information content (AvgIpc) is 2.46. The van der Waals surface area contributed by atoms with Gasteiger partial charge in [0.15, 0.2) is 0 Å². The smallest absolute Gasteiger partial charge is 0.0593 e. The van der Waals surface area contributed by atoms with Crippen LogP contribution in [-0.4, -0.2) is 37.7 Å². The van der Waals surface area contributed by atoms with Gasteiger partial charge in [-0.15, -0.1) is 0 Å². The van der Waals surface area contributed by atoms with E-state index >= 15 is 0 Å². The lowest BCUT2D eigenvalue weighted by Gasteiger charge is -2.17. The molecule has 0 aromatic rings. The maximum Gasteiger partial charge on any atom is 0.0593 e. The molecule has 2 nitrogen and oxygen atoms in total. The summed E-state index contributed by atoms with van der Waals surface area (Å²) in [5.74, 6) is 0. The predicted octanol–water partition coefficient (Wildman–Crippen LogP) is 3.17. The maximum absolute atomic E-state index is 5.36. The van der Waals surface area contributed by atoms with Gasteiger partial charge in [-0.1, -0.05) is 34.6 Å². The molecule has 14 heavy (non-hydrogen) atoms. The van der Waals surface area contributed by atoms with Crippen molar-refractivity contribution >= 4 is 0 Å². The molecular formula is C12H29NO. The molecule has 1 saturated heterocycles. The first-order chi connectivity index (χ1) is 6.43. The first kappa shape index (κ1) is 16.4. The standard InChI is InChI=1S/C9H19NO.C2H6.CH4/c1-2-3-5-10-6-4-8-11-9-7-10;1-2;/h2-9H2,1H3;1-2H3;1H4. The van der Waals surface area contributed by atoms with Crippen molar-refractivity contribution in [3.63, 3.8) is 0 Å². The van der Waals surface area contributed by atoms with E-state index in [-0.39, 0.29) is 7.43 Å². The van der Waals surface area contributed by atoms with Gasteiger partial charge in [0, 0.05) is 19.7 Å². The molecule has 0 bridgehead atoms. The maximum atomic E-state index is 5.36. The van der Waals surface area contributed by atoms with Gasteiger partial charge in [-0.3, -0.25) is 0 Å². The van der Waals surface area contributed by atoms with Gasteiger partial charge in [-0.25, -0.2) is 0 Å². The summed E-state index contributed by atoms with van der Waals surface area (Å²) in [7, 11) is 0. The third-order valence-corrected chi connectivity index (χ3v) is 2.14. The molecule has 1 heterocycles. The van der Waals surface area contributed by atoms with Crippen LogP contribution in [0, 0.1) is 0 Å². The Morgan fingerprint density at radius 1 is 1.14 bits per heavy atom. The Morgan fingerprint density at radius 3 is 2.50 bits per heavy atom. The highest BCUT2D eigenvalue weighted by Crippen LogP contribution is 2.00. The van der Waals surface area contributed by atoms with Crippen LogP contribution in [0.1, 0.15) is 47.5 Å². The van der Waals surface area contributed by atoms with E-state index in [4.69, 9.17) is 4.74 Å². The minimum atomic E-state index is 0.